The third-order valence-electron chi connectivity index (χ3n) is 4.84. The standard InChI is InChI=1S/C25H19ClO4/c1-2-16-8-10-17(11-9-16)14-22-24(27)20-13-12-19(15-21(20)30-22)29-25(28)23(26)18-6-4-3-5-7-18/h3-15,23H,2H2,1H3/b22-14-. The molecule has 0 spiro atoms. The lowest BCUT2D eigenvalue weighted by Crippen LogP contribution is -2.14. The first-order chi connectivity index (χ1) is 14.5. The molecule has 0 amide bonds. The van der Waals surface area contributed by atoms with Crippen LogP contribution in [-0.2, 0) is 11.2 Å². The van der Waals surface area contributed by atoms with Crippen LogP contribution < -0.4 is 9.47 Å². The fraction of sp³-hybridized carbons (Fsp3) is 0.120. The van der Waals surface area contributed by atoms with E-state index in [0.29, 0.717) is 16.9 Å². The summed E-state index contributed by atoms with van der Waals surface area (Å²) in [5.74, 6) is 0.0485. The van der Waals surface area contributed by atoms with Crippen LogP contribution in [-0.4, -0.2) is 11.8 Å². The van der Waals surface area contributed by atoms with Gasteiger partial charge in [-0.25, -0.2) is 4.79 Å². The summed E-state index contributed by atoms with van der Waals surface area (Å²) in [6.07, 6.45) is 2.66. The smallest absolute Gasteiger partial charge is 0.334 e. The number of allylic oxidation sites excluding steroid dienone is 1. The minimum Gasteiger partial charge on any atom is -0.452 e. The molecule has 150 valence electrons. The fourth-order valence-electron chi connectivity index (χ4n) is 3.16. The Labute approximate surface area is 179 Å². The van der Waals surface area contributed by atoms with Gasteiger partial charge in [-0.05, 0) is 41.3 Å². The molecule has 0 saturated heterocycles. The van der Waals surface area contributed by atoms with Crippen LogP contribution in [0.25, 0.3) is 6.08 Å². The summed E-state index contributed by atoms with van der Waals surface area (Å²) in [7, 11) is 0. The number of benzene rings is 3. The Kier molecular flexibility index (Phi) is 5.68. The monoisotopic (exact) mass is 418 g/mol. The molecular formula is C25H19ClO4. The van der Waals surface area contributed by atoms with Crippen LogP contribution in [0.4, 0.5) is 0 Å². The average Bonchev–Trinajstić information content (AvgIpc) is 3.08. The Morgan fingerprint density at radius 2 is 1.80 bits per heavy atom. The number of fused-ring (bicyclic) bond motifs is 1. The predicted molar refractivity (Wildman–Crippen MR) is 116 cm³/mol. The van der Waals surface area contributed by atoms with Crippen molar-refractivity contribution in [2.45, 2.75) is 18.7 Å². The van der Waals surface area contributed by atoms with E-state index in [9.17, 15) is 9.59 Å². The van der Waals surface area contributed by atoms with Gasteiger partial charge in [0.25, 0.3) is 0 Å². The molecule has 1 unspecified atom stereocenters. The van der Waals surface area contributed by atoms with Crippen molar-refractivity contribution in [2.24, 2.45) is 0 Å². The number of Topliss-reactive ketones (excluding diaryl/α,β-unsaturated/α-hetero) is 1. The van der Waals surface area contributed by atoms with Gasteiger partial charge in [-0.2, -0.15) is 0 Å². The molecule has 1 aliphatic heterocycles. The van der Waals surface area contributed by atoms with Crippen LogP contribution in [0.3, 0.4) is 0 Å². The Morgan fingerprint density at radius 1 is 1.07 bits per heavy atom. The van der Waals surface area contributed by atoms with E-state index in [-0.39, 0.29) is 17.3 Å². The van der Waals surface area contributed by atoms with Crippen molar-refractivity contribution in [2.75, 3.05) is 0 Å². The molecular weight excluding hydrogens is 400 g/mol. The van der Waals surface area contributed by atoms with E-state index in [1.165, 1.54) is 11.6 Å². The van der Waals surface area contributed by atoms with E-state index >= 15 is 0 Å². The number of carbonyl (C=O) groups is 2. The molecule has 0 aliphatic carbocycles. The third-order valence-corrected chi connectivity index (χ3v) is 5.27. The van der Waals surface area contributed by atoms with Gasteiger partial charge in [-0.15, -0.1) is 11.6 Å². The van der Waals surface area contributed by atoms with Gasteiger partial charge in [0.05, 0.1) is 5.56 Å². The minimum atomic E-state index is -0.927. The molecule has 4 nitrogen and oxygen atoms in total. The maximum atomic E-state index is 12.6. The Bertz CT molecular complexity index is 1120. The van der Waals surface area contributed by atoms with Gasteiger partial charge in [-0.1, -0.05) is 61.5 Å². The third kappa shape index (κ3) is 4.14. The van der Waals surface area contributed by atoms with Gasteiger partial charge in [-0.3, -0.25) is 4.79 Å². The molecule has 3 aromatic rings. The molecule has 1 heterocycles. The highest BCUT2D eigenvalue weighted by Gasteiger charge is 2.28. The second-order valence-electron chi connectivity index (χ2n) is 6.89. The van der Waals surface area contributed by atoms with Gasteiger partial charge >= 0.3 is 5.97 Å². The normalized spacial score (nSPS) is 14.9. The first-order valence-electron chi connectivity index (χ1n) is 9.63. The van der Waals surface area contributed by atoms with Crippen molar-refractivity contribution in [3.8, 4) is 11.5 Å². The molecule has 5 heteroatoms. The highest BCUT2D eigenvalue weighted by Crippen LogP contribution is 2.35. The summed E-state index contributed by atoms with van der Waals surface area (Å²) in [5, 5.41) is -0.927. The zero-order valence-electron chi connectivity index (χ0n) is 16.3. The molecule has 0 fully saturated rings. The van der Waals surface area contributed by atoms with Crippen molar-refractivity contribution in [3.05, 3.63) is 101 Å². The number of hydrogen-bond acceptors (Lipinski definition) is 4. The van der Waals surface area contributed by atoms with Gasteiger partial charge in [0.2, 0.25) is 5.78 Å². The molecule has 0 N–H and O–H groups in total. The highest BCUT2D eigenvalue weighted by atomic mass is 35.5. The zero-order chi connectivity index (χ0) is 21.1. The topological polar surface area (TPSA) is 52.6 Å². The van der Waals surface area contributed by atoms with Crippen LogP contribution in [0.15, 0.2) is 78.6 Å². The van der Waals surface area contributed by atoms with E-state index in [2.05, 4.69) is 6.92 Å². The quantitative estimate of drug-likeness (QED) is 0.229. The molecule has 30 heavy (non-hydrogen) atoms. The predicted octanol–water partition coefficient (Wildman–Crippen LogP) is 5.75. The number of ether oxygens (including phenoxy) is 2. The largest absolute Gasteiger partial charge is 0.452 e. The Balaban J connectivity index is 1.50. The Hall–Kier alpha value is -3.37. The van der Waals surface area contributed by atoms with E-state index < -0.39 is 11.3 Å². The molecule has 3 aromatic carbocycles. The minimum absolute atomic E-state index is 0.207. The summed E-state index contributed by atoms with van der Waals surface area (Å²) >= 11 is 6.21. The van der Waals surface area contributed by atoms with Crippen molar-refractivity contribution in [1.29, 1.82) is 0 Å². The number of halogens is 1. The van der Waals surface area contributed by atoms with Crippen molar-refractivity contribution >= 4 is 29.4 Å². The second-order valence-corrected chi connectivity index (χ2v) is 7.32. The number of ketones is 1. The molecule has 1 atom stereocenters. The summed E-state index contributed by atoms with van der Waals surface area (Å²) < 4.78 is 11.1. The van der Waals surface area contributed by atoms with E-state index in [4.69, 9.17) is 21.1 Å². The second kappa shape index (κ2) is 8.56. The van der Waals surface area contributed by atoms with Crippen LogP contribution in [0, 0.1) is 0 Å². The first-order valence-corrected chi connectivity index (χ1v) is 10.1. The molecule has 0 aromatic heterocycles. The van der Waals surface area contributed by atoms with Crippen molar-refractivity contribution in [1.82, 2.24) is 0 Å². The summed E-state index contributed by atoms with van der Waals surface area (Å²) in [6.45, 7) is 2.09. The van der Waals surface area contributed by atoms with E-state index in [0.717, 1.165) is 12.0 Å². The molecule has 4 rings (SSSR count). The summed E-state index contributed by atoms with van der Waals surface area (Å²) in [6, 6.07) is 21.6. The molecule has 0 saturated carbocycles. The lowest BCUT2D eigenvalue weighted by Gasteiger charge is -2.10. The van der Waals surface area contributed by atoms with E-state index in [1.807, 2.05) is 30.3 Å². The lowest BCUT2D eigenvalue weighted by atomic mass is 10.1. The molecule has 0 radical (unpaired) electrons. The number of alkyl halides is 1. The van der Waals surface area contributed by atoms with Crippen LogP contribution in [0.2, 0.25) is 0 Å². The van der Waals surface area contributed by atoms with Gasteiger partial charge in [0.15, 0.2) is 11.1 Å². The maximum Gasteiger partial charge on any atom is 0.334 e. The average molecular weight is 419 g/mol. The van der Waals surface area contributed by atoms with E-state index in [1.54, 1.807) is 42.5 Å². The maximum absolute atomic E-state index is 12.6. The van der Waals surface area contributed by atoms with Crippen LogP contribution in [0.1, 0.15) is 39.3 Å². The number of rotatable bonds is 5. The fourth-order valence-corrected chi connectivity index (χ4v) is 3.35. The van der Waals surface area contributed by atoms with Crippen LogP contribution in [0.5, 0.6) is 11.5 Å². The molecule has 1 aliphatic rings. The Morgan fingerprint density at radius 3 is 2.50 bits per heavy atom. The molecule has 0 bridgehead atoms. The summed E-state index contributed by atoms with van der Waals surface area (Å²) in [5.41, 5.74) is 3.18. The number of hydrogen-bond donors (Lipinski definition) is 0. The summed E-state index contributed by atoms with van der Waals surface area (Å²) in [4.78, 5) is 25.0. The van der Waals surface area contributed by atoms with Crippen LogP contribution >= 0.6 is 11.6 Å². The highest BCUT2D eigenvalue weighted by molar-refractivity contribution is 6.30. The number of aryl methyl sites for hydroxylation is 1. The number of esters is 1. The SMILES string of the molecule is CCc1ccc(/C=C2\Oc3cc(OC(=O)C(Cl)c4ccccc4)ccc3C2=O)cc1. The zero-order valence-corrected chi connectivity index (χ0v) is 17.1. The van der Waals surface area contributed by atoms with Gasteiger partial charge in [0.1, 0.15) is 11.5 Å². The van der Waals surface area contributed by atoms with Crippen molar-refractivity contribution in [3.63, 3.8) is 0 Å². The van der Waals surface area contributed by atoms with Gasteiger partial charge in [0, 0.05) is 6.07 Å². The first kappa shape index (κ1) is 19.9. The lowest BCUT2D eigenvalue weighted by molar-refractivity contribution is -0.134. The number of carbonyl (C=O) groups excluding carboxylic acids is 2. The van der Waals surface area contributed by atoms with Crippen molar-refractivity contribution < 1.29 is 19.1 Å². The van der Waals surface area contributed by atoms with Gasteiger partial charge < -0.3 is 9.47 Å².